The fraction of sp³-hybridized carbons (Fsp3) is 0.235. The lowest BCUT2D eigenvalue weighted by Gasteiger charge is -2.18. The van der Waals surface area contributed by atoms with Gasteiger partial charge in [-0.1, -0.05) is 35.5 Å². The summed E-state index contributed by atoms with van der Waals surface area (Å²) in [4.78, 5) is 12.5. The molecular weight excluding hydrogens is 292 g/mol. The lowest BCUT2D eigenvalue weighted by Crippen LogP contribution is -2.29. The maximum Gasteiger partial charge on any atom is 0.251 e. The van der Waals surface area contributed by atoms with Crippen LogP contribution in [0.5, 0.6) is 0 Å². The molecule has 0 fully saturated rings. The number of carbonyl (C=O) groups is 1. The average Bonchev–Trinajstić information content (AvgIpc) is 2.96. The Morgan fingerprint density at radius 1 is 1.26 bits per heavy atom. The first-order valence-electron chi connectivity index (χ1n) is 7.45. The number of aryl methyl sites for hydroxylation is 1. The molecular formula is C17H18N4O2. The molecule has 0 bridgehead atoms. The minimum atomic E-state index is -0.230. The Morgan fingerprint density at radius 3 is 2.78 bits per heavy atom. The summed E-state index contributed by atoms with van der Waals surface area (Å²) in [7, 11) is 1.81. The second-order valence-corrected chi connectivity index (χ2v) is 5.37. The number of aliphatic hydroxyl groups excluding tert-OH is 1. The summed E-state index contributed by atoms with van der Waals surface area (Å²) in [5.41, 5.74) is 3.04. The van der Waals surface area contributed by atoms with Crippen molar-refractivity contribution in [2.24, 2.45) is 7.05 Å². The van der Waals surface area contributed by atoms with Crippen molar-refractivity contribution < 1.29 is 9.90 Å². The van der Waals surface area contributed by atoms with Crippen LogP contribution in [0.4, 0.5) is 0 Å². The summed E-state index contributed by atoms with van der Waals surface area (Å²) >= 11 is 0. The second kappa shape index (κ2) is 6.58. The molecule has 0 aliphatic rings. The molecule has 0 aliphatic heterocycles. The van der Waals surface area contributed by atoms with E-state index in [1.54, 1.807) is 16.8 Å². The number of nitrogens with one attached hydrogen (secondary N) is 1. The third-order valence-corrected chi connectivity index (χ3v) is 3.80. The first-order valence-corrected chi connectivity index (χ1v) is 7.45. The Labute approximate surface area is 133 Å². The van der Waals surface area contributed by atoms with E-state index in [1.165, 1.54) is 0 Å². The van der Waals surface area contributed by atoms with Gasteiger partial charge in [0.1, 0.15) is 5.52 Å². The zero-order valence-electron chi connectivity index (χ0n) is 12.8. The van der Waals surface area contributed by atoms with Crippen molar-refractivity contribution in [3.63, 3.8) is 0 Å². The molecule has 0 aliphatic carbocycles. The molecule has 1 heterocycles. The van der Waals surface area contributed by atoms with Crippen LogP contribution in [0.2, 0.25) is 0 Å². The zero-order chi connectivity index (χ0) is 16.2. The largest absolute Gasteiger partial charge is 0.396 e. The van der Waals surface area contributed by atoms with Gasteiger partial charge in [0, 0.05) is 19.2 Å². The number of carbonyl (C=O) groups excluding carboxylic acids is 1. The molecule has 0 saturated heterocycles. The number of amides is 1. The molecule has 2 N–H and O–H groups in total. The normalized spacial score (nSPS) is 12.3. The van der Waals surface area contributed by atoms with E-state index < -0.39 is 0 Å². The van der Waals surface area contributed by atoms with Crippen LogP contribution < -0.4 is 5.32 Å². The van der Waals surface area contributed by atoms with Gasteiger partial charge in [-0.15, -0.1) is 5.10 Å². The van der Waals surface area contributed by atoms with Gasteiger partial charge >= 0.3 is 0 Å². The molecule has 1 aromatic heterocycles. The van der Waals surface area contributed by atoms with Crippen molar-refractivity contribution in [1.29, 1.82) is 0 Å². The van der Waals surface area contributed by atoms with E-state index in [0.717, 1.165) is 11.1 Å². The predicted octanol–water partition coefficient (Wildman–Crippen LogP) is 1.82. The molecule has 1 unspecified atom stereocenters. The molecule has 6 heteroatoms. The van der Waals surface area contributed by atoms with Crippen molar-refractivity contribution in [3.05, 3.63) is 59.7 Å². The first-order chi connectivity index (χ1) is 11.2. The zero-order valence-corrected chi connectivity index (χ0v) is 12.8. The lowest BCUT2D eigenvalue weighted by atomic mass is 10.0. The van der Waals surface area contributed by atoms with Crippen LogP contribution in [-0.2, 0) is 7.05 Å². The molecule has 0 spiro atoms. The highest BCUT2D eigenvalue weighted by Gasteiger charge is 2.16. The average molecular weight is 310 g/mol. The molecule has 1 amide bonds. The van der Waals surface area contributed by atoms with Gasteiger partial charge < -0.3 is 10.4 Å². The van der Waals surface area contributed by atoms with E-state index in [1.807, 2.05) is 43.4 Å². The van der Waals surface area contributed by atoms with E-state index in [-0.39, 0.29) is 18.6 Å². The van der Waals surface area contributed by atoms with E-state index in [9.17, 15) is 9.90 Å². The molecule has 0 saturated carbocycles. The highest BCUT2D eigenvalue weighted by atomic mass is 16.3. The van der Waals surface area contributed by atoms with Crippen molar-refractivity contribution in [2.45, 2.75) is 12.5 Å². The number of benzene rings is 2. The van der Waals surface area contributed by atoms with Crippen LogP contribution in [0.15, 0.2) is 48.5 Å². The number of hydrogen-bond acceptors (Lipinski definition) is 4. The summed E-state index contributed by atoms with van der Waals surface area (Å²) in [6.07, 6.45) is 0.461. The van der Waals surface area contributed by atoms with Crippen molar-refractivity contribution >= 4 is 16.9 Å². The Bertz CT molecular complexity index is 814. The first kappa shape index (κ1) is 15.2. The maximum atomic E-state index is 12.5. The fourth-order valence-electron chi connectivity index (χ4n) is 2.56. The molecule has 3 rings (SSSR count). The van der Waals surface area contributed by atoms with Crippen LogP contribution >= 0.6 is 0 Å². The van der Waals surface area contributed by atoms with E-state index >= 15 is 0 Å². The smallest absolute Gasteiger partial charge is 0.251 e. The molecule has 3 aromatic rings. The second-order valence-electron chi connectivity index (χ2n) is 5.37. The van der Waals surface area contributed by atoms with Crippen LogP contribution in [-0.4, -0.2) is 32.6 Å². The van der Waals surface area contributed by atoms with Gasteiger partial charge in [0.25, 0.3) is 5.91 Å². The monoisotopic (exact) mass is 310 g/mol. The molecule has 0 radical (unpaired) electrons. The van der Waals surface area contributed by atoms with Gasteiger partial charge in [0.2, 0.25) is 0 Å². The molecule has 1 atom stereocenters. The van der Waals surface area contributed by atoms with Gasteiger partial charge in [0.05, 0.1) is 11.6 Å². The van der Waals surface area contributed by atoms with Crippen molar-refractivity contribution in [2.75, 3.05) is 6.61 Å². The predicted molar refractivity (Wildman–Crippen MR) is 86.9 cm³/mol. The number of aliphatic hydroxyl groups is 1. The topological polar surface area (TPSA) is 80.0 Å². The summed E-state index contributed by atoms with van der Waals surface area (Å²) < 4.78 is 1.66. The minimum Gasteiger partial charge on any atom is -0.396 e. The van der Waals surface area contributed by atoms with Gasteiger partial charge in [-0.05, 0) is 30.2 Å². The lowest BCUT2D eigenvalue weighted by molar-refractivity contribution is 0.0930. The third kappa shape index (κ3) is 3.22. The summed E-state index contributed by atoms with van der Waals surface area (Å²) in [6.45, 7) is 0.00301. The molecule has 118 valence electrons. The summed E-state index contributed by atoms with van der Waals surface area (Å²) in [6, 6.07) is 14.7. The van der Waals surface area contributed by atoms with Crippen LogP contribution in [0.25, 0.3) is 11.0 Å². The minimum absolute atomic E-state index is 0.00301. The number of hydrogen-bond donors (Lipinski definition) is 2. The fourth-order valence-corrected chi connectivity index (χ4v) is 2.56. The Balaban J connectivity index is 1.82. The SMILES string of the molecule is Cn1nnc2cc(C(=O)NC(CCO)c3ccccc3)ccc21. The van der Waals surface area contributed by atoms with Crippen molar-refractivity contribution in [1.82, 2.24) is 20.3 Å². The quantitative estimate of drug-likeness (QED) is 0.753. The van der Waals surface area contributed by atoms with Gasteiger partial charge in [-0.3, -0.25) is 4.79 Å². The van der Waals surface area contributed by atoms with Crippen molar-refractivity contribution in [3.8, 4) is 0 Å². The molecule has 23 heavy (non-hydrogen) atoms. The van der Waals surface area contributed by atoms with Crippen LogP contribution in [0.1, 0.15) is 28.4 Å². The summed E-state index contributed by atoms with van der Waals surface area (Å²) in [5.74, 6) is -0.195. The number of aromatic nitrogens is 3. The number of fused-ring (bicyclic) bond motifs is 1. The molecule has 6 nitrogen and oxygen atoms in total. The van der Waals surface area contributed by atoms with Crippen LogP contribution in [0.3, 0.4) is 0 Å². The highest BCUT2D eigenvalue weighted by Crippen LogP contribution is 2.18. The Hall–Kier alpha value is -2.73. The third-order valence-electron chi connectivity index (χ3n) is 3.80. The Kier molecular flexibility index (Phi) is 4.34. The Morgan fingerprint density at radius 2 is 2.04 bits per heavy atom. The number of rotatable bonds is 5. The standard InChI is InChI=1S/C17H18N4O2/c1-21-16-8-7-13(11-15(16)19-20-21)17(23)18-14(9-10-22)12-5-3-2-4-6-12/h2-8,11,14,22H,9-10H2,1H3,(H,18,23). The number of nitrogens with zero attached hydrogens (tertiary/aromatic N) is 3. The van der Waals surface area contributed by atoms with E-state index in [0.29, 0.717) is 17.5 Å². The van der Waals surface area contributed by atoms with Gasteiger partial charge in [-0.25, -0.2) is 4.68 Å². The van der Waals surface area contributed by atoms with Gasteiger partial charge in [-0.2, -0.15) is 0 Å². The van der Waals surface area contributed by atoms with Gasteiger partial charge in [0.15, 0.2) is 0 Å². The summed E-state index contributed by atoms with van der Waals surface area (Å²) in [5, 5.41) is 20.2. The van der Waals surface area contributed by atoms with E-state index in [4.69, 9.17) is 0 Å². The maximum absolute atomic E-state index is 12.5. The van der Waals surface area contributed by atoms with Crippen LogP contribution in [0, 0.1) is 0 Å². The highest BCUT2D eigenvalue weighted by molar-refractivity contribution is 5.97. The van der Waals surface area contributed by atoms with E-state index in [2.05, 4.69) is 15.6 Å². The molecule has 2 aromatic carbocycles.